The molecule has 1 aromatic carbocycles. The molecule has 1 N–H and O–H groups in total. The summed E-state index contributed by atoms with van der Waals surface area (Å²) in [5.41, 5.74) is 3.24. The smallest absolute Gasteiger partial charge is 0.251 e. The first kappa shape index (κ1) is 14.7. The van der Waals surface area contributed by atoms with Crippen molar-refractivity contribution < 1.29 is 9.63 Å². The van der Waals surface area contributed by atoms with Crippen LogP contribution in [0.5, 0.6) is 0 Å². The Labute approximate surface area is 123 Å². The van der Waals surface area contributed by atoms with Gasteiger partial charge in [-0.1, -0.05) is 23.4 Å². The van der Waals surface area contributed by atoms with Crippen LogP contribution in [-0.2, 0) is 11.4 Å². The average molecular weight is 283 g/mol. The summed E-state index contributed by atoms with van der Waals surface area (Å²) in [5, 5.41) is 6.51. The Bertz CT molecular complexity index is 636. The monoisotopic (exact) mass is 283 g/mol. The van der Waals surface area contributed by atoms with Crippen LogP contribution in [0.4, 0.5) is 0 Å². The van der Waals surface area contributed by atoms with Crippen molar-refractivity contribution in [3.63, 3.8) is 0 Å². The van der Waals surface area contributed by atoms with E-state index in [1.54, 1.807) is 18.3 Å². The van der Waals surface area contributed by atoms with Crippen LogP contribution in [-0.4, -0.2) is 24.2 Å². The van der Waals surface area contributed by atoms with Crippen LogP contribution < -0.4 is 5.32 Å². The fraction of sp³-hybridized carbons (Fsp3) is 0.188. The molecule has 0 unspecified atom stereocenters. The molecule has 1 amide bonds. The number of nitrogens with one attached hydrogen (secondary N) is 1. The van der Waals surface area contributed by atoms with Gasteiger partial charge >= 0.3 is 0 Å². The van der Waals surface area contributed by atoms with Gasteiger partial charge in [-0.15, -0.1) is 0 Å². The van der Waals surface area contributed by atoms with Gasteiger partial charge in [-0.05, 0) is 36.8 Å². The van der Waals surface area contributed by atoms with Crippen LogP contribution in [0.3, 0.4) is 0 Å². The molecule has 0 radical (unpaired) electrons. The van der Waals surface area contributed by atoms with Crippen LogP contribution >= 0.6 is 0 Å². The van der Waals surface area contributed by atoms with E-state index in [1.165, 1.54) is 7.11 Å². The van der Waals surface area contributed by atoms with Crippen molar-refractivity contribution in [2.45, 2.75) is 13.5 Å². The molecule has 0 bridgehead atoms. The quantitative estimate of drug-likeness (QED) is 0.676. The molecule has 5 heteroatoms. The molecule has 0 atom stereocenters. The lowest BCUT2D eigenvalue weighted by atomic mass is 10.1. The first-order valence-corrected chi connectivity index (χ1v) is 6.56. The standard InChI is InChI=1S/C16H17N3O2/c1-12-4-3-5-15(19-12)11-17-16(20)14-8-6-13(7-9-14)10-18-21-2/h3-10H,11H2,1-2H3,(H,17,20)/b18-10+. The highest BCUT2D eigenvalue weighted by molar-refractivity contribution is 5.94. The Morgan fingerprint density at radius 2 is 2.05 bits per heavy atom. The molecule has 2 aromatic rings. The Kier molecular flexibility index (Phi) is 5.04. The van der Waals surface area contributed by atoms with Gasteiger partial charge in [0.15, 0.2) is 0 Å². The predicted octanol–water partition coefficient (Wildman–Crippen LogP) is 2.30. The summed E-state index contributed by atoms with van der Waals surface area (Å²) in [6.07, 6.45) is 1.58. The maximum absolute atomic E-state index is 12.0. The molecule has 0 spiro atoms. The van der Waals surface area contributed by atoms with Gasteiger partial charge in [0.05, 0.1) is 18.5 Å². The third kappa shape index (κ3) is 4.42. The summed E-state index contributed by atoms with van der Waals surface area (Å²) < 4.78 is 0. The number of carbonyl (C=O) groups excluding carboxylic acids is 1. The molecular formula is C16H17N3O2. The van der Waals surface area contributed by atoms with E-state index in [9.17, 15) is 4.79 Å². The van der Waals surface area contributed by atoms with E-state index in [2.05, 4.69) is 20.3 Å². The lowest BCUT2D eigenvalue weighted by Gasteiger charge is -2.05. The molecule has 0 saturated carbocycles. The zero-order chi connectivity index (χ0) is 15.1. The molecule has 1 heterocycles. The summed E-state index contributed by atoms with van der Waals surface area (Å²) >= 11 is 0. The Morgan fingerprint density at radius 1 is 1.29 bits per heavy atom. The molecule has 0 saturated heterocycles. The molecule has 0 fully saturated rings. The van der Waals surface area contributed by atoms with E-state index < -0.39 is 0 Å². The molecule has 1 aromatic heterocycles. The van der Waals surface area contributed by atoms with Crippen LogP contribution in [0.1, 0.15) is 27.3 Å². The van der Waals surface area contributed by atoms with Crippen molar-refractivity contribution in [1.82, 2.24) is 10.3 Å². The van der Waals surface area contributed by atoms with Crippen LogP contribution in [0.15, 0.2) is 47.6 Å². The molecule has 0 aliphatic carbocycles. The van der Waals surface area contributed by atoms with Gasteiger partial charge in [0.25, 0.3) is 5.91 Å². The van der Waals surface area contributed by atoms with Gasteiger partial charge in [-0.2, -0.15) is 0 Å². The lowest BCUT2D eigenvalue weighted by molar-refractivity contribution is 0.0950. The van der Waals surface area contributed by atoms with Gasteiger partial charge in [0.2, 0.25) is 0 Å². The first-order chi connectivity index (χ1) is 10.2. The van der Waals surface area contributed by atoms with Crippen LogP contribution in [0, 0.1) is 6.92 Å². The predicted molar refractivity (Wildman–Crippen MR) is 81.2 cm³/mol. The zero-order valence-corrected chi connectivity index (χ0v) is 12.0. The van der Waals surface area contributed by atoms with Crippen molar-refractivity contribution in [1.29, 1.82) is 0 Å². The number of pyridine rings is 1. The lowest BCUT2D eigenvalue weighted by Crippen LogP contribution is -2.23. The molecule has 108 valence electrons. The normalized spacial score (nSPS) is 10.6. The number of nitrogens with zero attached hydrogens (tertiary/aromatic N) is 2. The summed E-state index contributed by atoms with van der Waals surface area (Å²) in [6.45, 7) is 2.33. The summed E-state index contributed by atoms with van der Waals surface area (Å²) in [7, 11) is 1.48. The van der Waals surface area contributed by atoms with Gasteiger partial charge < -0.3 is 10.2 Å². The SMILES string of the molecule is CO/N=C/c1ccc(C(=O)NCc2cccc(C)n2)cc1. The van der Waals surface area contributed by atoms with Gasteiger partial charge in [-0.25, -0.2) is 0 Å². The number of carbonyl (C=O) groups is 1. The van der Waals surface area contributed by atoms with Gasteiger partial charge in [0, 0.05) is 11.3 Å². The number of amides is 1. The second kappa shape index (κ2) is 7.19. The largest absolute Gasteiger partial charge is 0.399 e. The van der Waals surface area contributed by atoms with Crippen molar-refractivity contribution in [3.8, 4) is 0 Å². The summed E-state index contributed by atoms with van der Waals surface area (Å²) in [5.74, 6) is -0.131. The minimum Gasteiger partial charge on any atom is -0.399 e. The van der Waals surface area contributed by atoms with E-state index in [-0.39, 0.29) is 5.91 Å². The third-order valence-corrected chi connectivity index (χ3v) is 2.86. The molecule has 21 heavy (non-hydrogen) atoms. The van der Waals surface area contributed by atoms with Gasteiger partial charge in [-0.3, -0.25) is 9.78 Å². The highest BCUT2D eigenvalue weighted by Crippen LogP contribution is 2.04. The second-order valence-corrected chi connectivity index (χ2v) is 4.49. The molecule has 2 rings (SSSR count). The first-order valence-electron chi connectivity index (χ1n) is 6.56. The number of rotatable bonds is 5. The van der Waals surface area contributed by atoms with Crippen LogP contribution in [0.25, 0.3) is 0 Å². The maximum Gasteiger partial charge on any atom is 0.251 e. The highest BCUT2D eigenvalue weighted by Gasteiger charge is 2.05. The minimum atomic E-state index is -0.131. The van der Waals surface area contributed by atoms with E-state index in [4.69, 9.17) is 0 Å². The zero-order valence-electron chi connectivity index (χ0n) is 12.0. The number of aromatic nitrogens is 1. The molecular weight excluding hydrogens is 266 g/mol. The summed E-state index contributed by atoms with van der Waals surface area (Å²) in [6, 6.07) is 12.8. The molecule has 0 aliphatic rings. The van der Waals surface area contributed by atoms with Crippen molar-refractivity contribution >= 4 is 12.1 Å². The van der Waals surface area contributed by atoms with E-state index >= 15 is 0 Å². The molecule has 5 nitrogen and oxygen atoms in total. The minimum absolute atomic E-state index is 0.131. The van der Waals surface area contributed by atoms with Gasteiger partial charge in [0.1, 0.15) is 7.11 Å². The van der Waals surface area contributed by atoms with Crippen molar-refractivity contribution in [3.05, 3.63) is 65.0 Å². The fourth-order valence-electron chi connectivity index (χ4n) is 1.80. The second-order valence-electron chi connectivity index (χ2n) is 4.49. The van der Waals surface area contributed by atoms with Crippen molar-refractivity contribution in [2.75, 3.05) is 7.11 Å². The number of hydrogen-bond donors (Lipinski definition) is 1. The van der Waals surface area contributed by atoms with E-state index in [0.717, 1.165) is 17.0 Å². The average Bonchev–Trinajstić information content (AvgIpc) is 2.51. The fourth-order valence-corrected chi connectivity index (χ4v) is 1.80. The summed E-state index contributed by atoms with van der Waals surface area (Å²) in [4.78, 5) is 21.0. The number of oxime groups is 1. The maximum atomic E-state index is 12.0. The van der Waals surface area contributed by atoms with Crippen molar-refractivity contribution in [2.24, 2.45) is 5.16 Å². The number of aryl methyl sites for hydroxylation is 1. The van der Waals surface area contributed by atoms with E-state index in [0.29, 0.717) is 12.1 Å². The topological polar surface area (TPSA) is 63.6 Å². The number of benzene rings is 1. The number of hydrogen-bond acceptors (Lipinski definition) is 4. The van der Waals surface area contributed by atoms with E-state index in [1.807, 2.05) is 37.3 Å². The van der Waals surface area contributed by atoms with Crippen LogP contribution in [0.2, 0.25) is 0 Å². The Balaban J connectivity index is 1.95. The Morgan fingerprint density at radius 3 is 2.71 bits per heavy atom. The highest BCUT2D eigenvalue weighted by atomic mass is 16.6. The Hall–Kier alpha value is -2.69. The third-order valence-electron chi connectivity index (χ3n) is 2.86. The molecule has 0 aliphatic heterocycles.